The number of nitrogens with zero attached hydrogens (tertiary/aromatic N) is 2. The maximum atomic E-state index is 10.3. The van der Waals surface area contributed by atoms with Gasteiger partial charge >= 0.3 is 0 Å². The molecule has 0 aliphatic carbocycles. The molecule has 3 nitrogen and oxygen atoms in total. The standard InChI is InChI=1S/C13H16Br2N2OS/c1-3-9-13(15)10(17(4-2)16-9)6-11(18)12-5-8(14)7-19-12/h5,7,11,18H,3-4,6H2,1-2H3. The molecule has 0 saturated carbocycles. The summed E-state index contributed by atoms with van der Waals surface area (Å²) >= 11 is 8.59. The minimum atomic E-state index is -0.487. The number of hydrogen-bond donors (Lipinski definition) is 1. The maximum Gasteiger partial charge on any atom is 0.0937 e. The first-order valence-electron chi connectivity index (χ1n) is 6.22. The van der Waals surface area contributed by atoms with E-state index in [1.165, 1.54) is 0 Å². The van der Waals surface area contributed by atoms with Gasteiger partial charge in [-0.1, -0.05) is 6.92 Å². The fourth-order valence-corrected chi connectivity index (χ4v) is 4.16. The van der Waals surface area contributed by atoms with Crippen LogP contribution in [0, 0.1) is 0 Å². The molecule has 0 fully saturated rings. The average molecular weight is 408 g/mol. The van der Waals surface area contributed by atoms with Gasteiger partial charge in [-0.05, 0) is 51.3 Å². The number of aliphatic hydroxyl groups excluding tert-OH is 1. The summed E-state index contributed by atoms with van der Waals surface area (Å²) < 4.78 is 4.02. The Balaban J connectivity index is 2.25. The number of hydrogen-bond acceptors (Lipinski definition) is 3. The quantitative estimate of drug-likeness (QED) is 0.800. The molecular formula is C13H16Br2N2OS. The summed E-state index contributed by atoms with van der Waals surface area (Å²) in [7, 11) is 0. The summed E-state index contributed by atoms with van der Waals surface area (Å²) in [5, 5.41) is 16.9. The molecule has 1 N–H and O–H groups in total. The average Bonchev–Trinajstić information content (AvgIpc) is 2.95. The van der Waals surface area contributed by atoms with Crippen LogP contribution in [0.5, 0.6) is 0 Å². The highest BCUT2D eigenvalue weighted by Crippen LogP contribution is 2.31. The Bertz CT molecular complexity index is 565. The van der Waals surface area contributed by atoms with Gasteiger partial charge in [-0.3, -0.25) is 4.68 Å². The SMILES string of the molecule is CCc1nn(CC)c(CC(O)c2cc(Br)cs2)c1Br. The van der Waals surface area contributed by atoms with Crippen molar-refractivity contribution in [2.45, 2.75) is 39.3 Å². The Hall–Kier alpha value is -0.170. The molecule has 1 atom stereocenters. The van der Waals surface area contributed by atoms with Gasteiger partial charge in [0, 0.05) is 27.7 Å². The zero-order valence-corrected chi connectivity index (χ0v) is 14.8. The van der Waals surface area contributed by atoms with Gasteiger partial charge in [0.25, 0.3) is 0 Å². The molecule has 0 aliphatic rings. The molecule has 0 saturated heterocycles. The maximum absolute atomic E-state index is 10.3. The molecule has 2 aromatic rings. The van der Waals surface area contributed by atoms with Crippen LogP contribution in [0.15, 0.2) is 20.4 Å². The molecular weight excluding hydrogens is 392 g/mol. The van der Waals surface area contributed by atoms with E-state index in [2.05, 4.69) is 50.8 Å². The molecule has 0 aromatic carbocycles. The number of aromatic nitrogens is 2. The van der Waals surface area contributed by atoms with E-state index in [1.54, 1.807) is 11.3 Å². The highest BCUT2D eigenvalue weighted by Gasteiger charge is 2.19. The molecule has 2 heterocycles. The van der Waals surface area contributed by atoms with Crippen molar-refractivity contribution in [1.82, 2.24) is 9.78 Å². The molecule has 0 spiro atoms. The predicted molar refractivity (Wildman–Crippen MR) is 85.7 cm³/mol. The molecule has 19 heavy (non-hydrogen) atoms. The Labute approximate surface area is 133 Å². The van der Waals surface area contributed by atoms with Crippen molar-refractivity contribution in [1.29, 1.82) is 0 Å². The first-order valence-corrected chi connectivity index (χ1v) is 8.69. The van der Waals surface area contributed by atoms with E-state index >= 15 is 0 Å². The fraction of sp³-hybridized carbons (Fsp3) is 0.462. The lowest BCUT2D eigenvalue weighted by Crippen LogP contribution is -2.08. The van der Waals surface area contributed by atoms with Crippen LogP contribution in [0.25, 0.3) is 0 Å². The molecule has 6 heteroatoms. The number of aliphatic hydroxyl groups is 1. The smallest absolute Gasteiger partial charge is 0.0937 e. The highest BCUT2D eigenvalue weighted by atomic mass is 79.9. The zero-order chi connectivity index (χ0) is 14.0. The number of halogens is 2. The summed E-state index contributed by atoms with van der Waals surface area (Å²) in [6, 6.07) is 1.97. The molecule has 1 unspecified atom stereocenters. The van der Waals surface area contributed by atoms with Gasteiger partial charge in [0.15, 0.2) is 0 Å². The van der Waals surface area contributed by atoms with Crippen molar-refractivity contribution >= 4 is 43.2 Å². The lowest BCUT2D eigenvalue weighted by Gasteiger charge is -2.10. The normalized spacial score (nSPS) is 12.9. The monoisotopic (exact) mass is 406 g/mol. The Morgan fingerprint density at radius 1 is 1.42 bits per heavy atom. The first-order chi connectivity index (χ1) is 9.06. The van der Waals surface area contributed by atoms with Crippen molar-refractivity contribution in [2.24, 2.45) is 0 Å². The highest BCUT2D eigenvalue weighted by molar-refractivity contribution is 9.10. The fourth-order valence-electron chi connectivity index (χ4n) is 2.00. The Morgan fingerprint density at radius 3 is 2.68 bits per heavy atom. The Kier molecular flexibility index (Phi) is 5.22. The minimum Gasteiger partial charge on any atom is -0.387 e. The van der Waals surface area contributed by atoms with Gasteiger partial charge in [0.05, 0.1) is 22.0 Å². The van der Waals surface area contributed by atoms with Crippen molar-refractivity contribution < 1.29 is 5.11 Å². The van der Waals surface area contributed by atoms with E-state index in [4.69, 9.17) is 0 Å². The number of rotatable bonds is 5. The van der Waals surface area contributed by atoms with Gasteiger partial charge in [0.1, 0.15) is 0 Å². The van der Waals surface area contributed by atoms with E-state index in [9.17, 15) is 5.11 Å². The van der Waals surface area contributed by atoms with Gasteiger partial charge < -0.3 is 5.11 Å². The van der Waals surface area contributed by atoms with E-state index in [1.807, 2.05) is 16.1 Å². The molecule has 0 aliphatic heterocycles. The van der Waals surface area contributed by atoms with E-state index in [0.29, 0.717) is 6.42 Å². The molecule has 2 aromatic heterocycles. The lowest BCUT2D eigenvalue weighted by molar-refractivity contribution is 0.179. The molecule has 0 bridgehead atoms. The van der Waals surface area contributed by atoms with Crippen molar-refractivity contribution in [3.8, 4) is 0 Å². The van der Waals surface area contributed by atoms with Gasteiger partial charge in [-0.15, -0.1) is 11.3 Å². The largest absolute Gasteiger partial charge is 0.387 e. The number of aryl methyl sites for hydroxylation is 2. The van der Waals surface area contributed by atoms with Crippen molar-refractivity contribution in [2.75, 3.05) is 0 Å². The van der Waals surface area contributed by atoms with Crippen LogP contribution in [0.1, 0.15) is 36.2 Å². The summed E-state index contributed by atoms with van der Waals surface area (Å²) in [5.74, 6) is 0. The minimum absolute atomic E-state index is 0.487. The van der Waals surface area contributed by atoms with Crippen LogP contribution < -0.4 is 0 Å². The lowest BCUT2D eigenvalue weighted by atomic mass is 10.1. The molecule has 0 radical (unpaired) electrons. The third-order valence-corrected chi connectivity index (χ3v) is 5.71. The zero-order valence-electron chi connectivity index (χ0n) is 10.9. The summed E-state index contributed by atoms with van der Waals surface area (Å²) in [4.78, 5) is 0.973. The summed E-state index contributed by atoms with van der Waals surface area (Å²) in [5.41, 5.74) is 2.12. The van der Waals surface area contributed by atoms with E-state index in [-0.39, 0.29) is 0 Å². The second-order valence-corrected chi connectivity index (χ2v) is 6.92. The van der Waals surface area contributed by atoms with Crippen molar-refractivity contribution in [3.05, 3.63) is 36.7 Å². The van der Waals surface area contributed by atoms with Crippen LogP contribution in [0.3, 0.4) is 0 Å². The van der Waals surface area contributed by atoms with Crippen LogP contribution >= 0.6 is 43.2 Å². The van der Waals surface area contributed by atoms with Gasteiger partial charge in [0.2, 0.25) is 0 Å². The van der Waals surface area contributed by atoms with Gasteiger partial charge in [-0.2, -0.15) is 5.10 Å². The molecule has 0 amide bonds. The molecule has 104 valence electrons. The Morgan fingerprint density at radius 2 is 2.16 bits per heavy atom. The summed E-state index contributed by atoms with van der Waals surface area (Å²) in [6.45, 7) is 4.97. The first kappa shape index (κ1) is 15.2. The van der Waals surface area contributed by atoms with Crippen LogP contribution in [-0.2, 0) is 19.4 Å². The second kappa shape index (κ2) is 6.52. The van der Waals surface area contributed by atoms with Crippen LogP contribution in [-0.4, -0.2) is 14.9 Å². The van der Waals surface area contributed by atoms with Crippen molar-refractivity contribution in [3.63, 3.8) is 0 Å². The summed E-state index contributed by atoms with van der Waals surface area (Å²) in [6.07, 6.45) is 0.981. The number of thiophene rings is 1. The topological polar surface area (TPSA) is 38.0 Å². The van der Waals surface area contributed by atoms with E-state index in [0.717, 1.165) is 38.2 Å². The second-order valence-electron chi connectivity index (χ2n) is 4.26. The van der Waals surface area contributed by atoms with Gasteiger partial charge in [-0.25, -0.2) is 0 Å². The predicted octanol–water partition coefficient (Wildman–Crippen LogP) is 4.33. The third kappa shape index (κ3) is 3.29. The van der Waals surface area contributed by atoms with Crippen LogP contribution in [0.2, 0.25) is 0 Å². The van der Waals surface area contributed by atoms with Crippen LogP contribution in [0.4, 0.5) is 0 Å². The molecule has 2 rings (SSSR count). The third-order valence-electron chi connectivity index (χ3n) is 3.00. The van der Waals surface area contributed by atoms with E-state index < -0.39 is 6.10 Å².